The van der Waals surface area contributed by atoms with Gasteiger partial charge in [0.25, 0.3) is 5.91 Å². The molecule has 232 valence electrons. The van der Waals surface area contributed by atoms with Crippen molar-refractivity contribution in [3.05, 3.63) is 63.7 Å². The summed E-state index contributed by atoms with van der Waals surface area (Å²) in [4.78, 5) is 47.9. The van der Waals surface area contributed by atoms with E-state index in [1.54, 1.807) is 4.90 Å². The Labute approximate surface area is 260 Å². The number of rotatable bonds is 6. The van der Waals surface area contributed by atoms with Gasteiger partial charge in [-0.2, -0.15) is 0 Å². The highest BCUT2D eigenvalue weighted by Crippen LogP contribution is 2.27. The van der Waals surface area contributed by atoms with Crippen molar-refractivity contribution in [2.24, 2.45) is 0 Å². The van der Waals surface area contributed by atoms with Crippen LogP contribution in [0.1, 0.15) is 47.9 Å². The number of amides is 4. The molecule has 3 aliphatic rings. The number of nitrogens with one attached hydrogen (secondary N) is 1. The summed E-state index contributed by atoms with van der Waals surface area (Å²) in [7, 11) is 4.13. The molecule has 3 heterocycles. The maximum atomic E-state index is 13.8. The third-order valence-electron chi connectivity index (χ3n) is 9.42. The first-order valence-corrected chi connectivity index (χ1v) is 15.8. The lowest BCUT2D eigenvalue weighted by molar-refractivity contribution is -0.142. The predicted molar refractivity (Wildman–Crippen MR) is 169 cm³/mol. The van der Waals surface area contributed by atoms with Crippen molar-refractivity contribution in [1.82, 2.24) is 19.6 Å². The predicted octanol–water partition coefficient (Wildman–Crippen LogP) is 5.11. The summed E-state index contributed by atoms with van der Waals surface area (Å²) in [5, 5.41) is 3.69. The van der Waals surface area contributed by atoms with E-state index in [0.29, 0.717) is 56.6 Å². The first kappa shape index (κ1) is 31.1. The number of aryl methyl sites for hydroxylation is 1. The van der Waals surface area contributed by atoms with Crippen LogP contribution in [-0.4, -0.2) is 103 Å². The molecule has 0 bridgehead atoms. The minimum atomic E-state index is -0.936. The molecule has 0 aliphatic carbocycles. The minimum Gasteiger partial charge on any atom is -0.436 e. The van der Waals surface area contributed by atoms with Crippen LogP contribution in [0.5, 0.6) is 0 Å². The summed E-state index contributed by atoms with van der Waals surface area (Å²) in [5.74, 6) is -0.157. The van der Waals surface area contributed by atoms with Gasteiger partial charge in [0.15, 0.2) is 6.10 Å². The van der Waals surface area contributed by atoms with E-state index in [9.17, 15) is 14.4 Å². The zero-order valence-corrected chi connectivity index (χ0v) is 26.5. The fourth-order valence-electron chi connectivity index (χ4n) is 6.50. The third kappa shape index (κ3) is 7.27. The van der Waals surface area contributed by atoms with Crippen LogP contribution in [0.4, 0.5) is 15.3 Å². The number of likely N-dealkylation sites (tertiary alicyclic amines) is 2. The number of fused-ring (bicyclic) bond motifs is 1. The van der Waals surface area contributed by atoms with Crippen molar-refractivity contribution in [3.63, 3.8) is 0 Å². The molecule has 9 nitrogen and oxygen atoms in total. The van der Waals surface area contributed by atoms with Gasteiger partial charge in [-0.25, -0.2) is 9.59 Å². The van der Waals surface area contributed by atoms with E-state index in [-0.39, 0.29) is 24.4 Å². The molecule has 2 saturated heterocycles. The van der Waals surface area contributed by atoms with Crippen LogP contribution in [-0.2, 0) is 22.4 Å². The highest BCUT2D eigenvalue weighted by Gasteiger charge is 2.35. The lowest BCUT2D eigenvalue weighted by Gasteiger charge is -2.39. The van der Waals surface area contributed by atoms with Gasteiger partial charge < -0.3 is 29.7 Å². The fourth-order valence-corrected chi connectivity index (χ4v) is 6.79. The number of nitrogens with zero attached hydrogens (tertiary/aromatic N) is 4. The summed E-state index contributed by atoms with van der Waals surface area (Å²) in [6.07, 6.45) is 2.72. The average molecular weight is 610 g/mol. The van der Waals surface area contributed by atoms with Gasteiger partial charge in [0, 0.05) is 61.9 Å². The molecule has 2 aromatic rings. The molecule has 5 rings (SSSR count). The average Bonchev–Trinajstić information content (AvgIpc) is 3.17. The Morgan fingerprint density at radius 2 is 1.67 bits per heavy atom. The van der Waals surface area contributed by atoms with Gasteiger partial charge in [-0.3, -0.25) is 4.79 Å². The largest absolute Gasteiger partial charge is 0.436 e. The summed E-state index contributed by atoms with van der Waals surface area (Å²) in [6, 6.07) is 12.2. The number of para-hydroxylation sites is 1. The van der Waals surface area contributed by atoms with E-state index in [0.717, 1.165) is 47.2 Å². The molecule has 1 atom stereocenters. The number of hydrogen-bond donors (Lipinski definition) is 1. The van der Waals surface area contributed by atoms with E-state index < -0.39 is 12.2 Å². The molecule has 2 aromatic carbocycles. The maximum absolute atomic E-state index is 13.8. The van der Waals surface area contributed by atoms with Crippen molar-refractivity contribution in [2.75, 3.05) is 52.1 Å². The molecule has 0 spiro atoms. The number of carbonyl (C=O) groups excluding carboxylic acids is 3. The molecule has 4 amide bonds. The van der Waals surface area contributed by atoms with Gasteiger partial charge in [0.2, 0.25) is 0 Å². The quantitative estimate of drug-likeness (QED) is 0.492. The molecule has 0 radical (unpaired) electrons. The Balaban J connectivity index is 1.23. The van der Waals surface area contributed by atoms with Crippen LogP contribution >= 0.6 is 11.6 Å². The molecule has 0 saturated carbocycles. The minimum absolute atomic E-state index is 0.0338. The number of piperidine rings is 2. The molecule has 43 heavy (non-hydrogen) atoms. The van der Waals surface area contributed by atoms with Crippen molar-refractivity contribution < 1.29 is 19.1 Å². The molecule has 10 heteroatoms. The van der Waals surface area contributed by atoms with Gasteiger partial charge in [0.1, 0.15) is 0 Å². The normalized spacial score (nSPS) is 19.1. The van der Waals surface area contributed by atoms with Crippen LogP contribution in [0.25, 0.3) is 0 Å². The number of hydrogen-bond acceptors (Lipinski definition) is 5. The molecular weight excluding hydrogens is 566 g/mol. The van der Waals surface area contributed by atoms with Gasteiger partial charge in [-0.15, -0.1) is 0 Å². The number of benzene rings is 2. The van der Waals surface area contributed by atoms with Gasteiger partial charge in [0.05, 0.1) is 0 Å². The topological polar surface area (TPSA) is 85.4 Å². The second-order valence-electron chi connectivity index (χ2n) is 12.4. The zero-order valence-electron chi connectivity index (χ0n) is 25.8. The van der Waals surface area contributed by atoms with Gasteiger partial charge in [-0.1, -0.05) is 35.9 Å². The number of urea groups is 1. The molecule has 2 fully saturated rings. The number of anilines is 1. The van der Waals surface area contributed by atoms with Crippen molar-refractivity contribution >= 4 is 35.3 Å². The summed E-state index contributed by atoms with van der Waals surface area (Å²) >= 11 is 6.48. The summed E-state index contributed by atoms with van der Waals surface area (Å²) in [5.41, 5.74) is 4.90. The van der Waals surface area contributed by atoms with Crippen LogP contribution in [0.15, 0.2) is 36.4 Å². The first-order valence-electron chi connectivity index (χ1n) is 15.4. The standard InChI is InChI=1S/C33H44ClN5O4/c1-22-19-24(20-28(34)23(22)2)21-30(31(40)37-14-10-26(11-15-37)36(3)4)43-33(42)38-16-12-27(13-17-38)39-18-9-25-7-5-6-8-29(25)35-32(39)41/h5-8,19-20,26-27,30H,9-18,21H2,1-4H3,(H,35,41)/t30-/m1/s1. The Kier molecular flexibility index (Phi) is 9.82. The third-order valence-corrected chi connectivity index (χ3v) is 9.81. The van der Waals surface area contributed by atoms with Gasteiger partial charge >= 0.3 is 12.1 Å². The van der Waals surface area contributed by atoms with E-state index in [4.69, 9.17) is 16.3 Å². The Hall–Kier alpha value is -3.30. The van der Waals surface area contributed by atoms with Crippen LogP contribution in [0.2, 0.25) is 5.02 Å². The van der Waals surface area contributed by atoms with E-state index >= 15 is 0 Å². The second-order valence-corrected chi connectivity index (χ2v) is 12.8. The zero-order chi connectivity index (χ0) is 30.7. The highest BCUT2D eigenvalue weighted by atomic mass is 35.5. The van der Waals surface area contributed by atoms with Crippen molar-refractivity contribution in [1.29, 1.82) is 0 Å². The fraction of sp³-hybridized carbons (Fsp3) is 0.545. The van der Waals surface area contributed by atoms with Gasteiger partial charge in [-0.05, 0) is 94.4 Å². The SMILES string of the molecule is Cc1cc(C[C@@H](OC(=O)N2CCC(N3CCc4ccccc4NC3=O)CC2)C(=O)N2CCC(N(C)C)CC2)cc(Cl)c1C. The smallest absolute Gasteiger partial charge is 0.410 e. The number of ether oxygens (including phenoxy) is 1. The summed E-state index contributed by atoms with van der Waals surface area (Å²) < 4.78 is 6.01. The van der Waals surface area contributed by atoms with Crippen LogP contribution in [0, 0.1) is 13.8 Å². The van der Waals surface area contributed by atoms with Crippen molar-refractivity contribution in [2.45, 2.75) is 70.6 Å². The molecule has 0 unspecified atom stereocenters. The lowest BCUT2D eigenvalue weighted by atomic mass is 9.99. The molecule has 1 N–H and O–H groups in total. The Morgan fingerprint density at radius 1 is 1.00 bits per heavy atom. The maximum Gasteiger partial charge on any atom is 0.410 e. The molecule has 0 aromatic heterocycles. The van der Waals surface area contributed by atoms with E-state index in [2.05, 4.69) is 24.3 Å². The monoisotopic (exact) mass is 609 g/mol. The van der Waals surface area contributed by atoms with Crippen LogP contribution < -0.4 is 5.32 Å². The lowest BCUT2D eigenvalue weighted by Crippen LogP contribution is -2.52. The van der Waals surface area contributed by atoms with E-state index in [1.807, 2.05) is 60.0 Å². The second kappa shape index (κ2) is 13.6. The first-order chi connectivity index (χ1) is 20.6. The van der Waals surface area contributed by atoms with Crippen LogP contribution in [0.3, 0.4) is 0 Å². The van der Waals surface area contributed by atoms with E-state index in [1.165, 1.54) is 0 Å². The Bertz CT molecular complexity index is 1310. The number of carbonyl (C=O) groups is 3. The Morgan fingerprint density at radius 3 is 2.35 bits per heavy atom. The highest BCUT2D eigenvalue weighted by molar-refractivity contribution is 6.31. The number of halogens is 1. The van der Waals surface area contributed by atoms with Crippen molar-refractivity contribution in [3.8, 4) is 0 Å². The molecular formula is C33H44ClN5O4. The summed E-state index contributed by atoms with van der Waals surface area (Å²) in [6.45, 7) is 6.80. The molecule has 3 aliphatic heterocycles.